The molecule has 30 heavy (non-hydrogen) atoms. The van der Waals surface area contributed by atoms with Gasteiger partial charge in [-0.15, -0.1) is 0 Å². The summed E-state index contributed by atoms with van der Waals surface area (Å²) in [6.45, 7) is 1.04. The Hall–Kier alpha value is -3.32. The Bertz CT molecular complexity index is 977. The van der Waals surface area contributed by atoms with E-state index in [2.05, 4.69) is 20.6 Å². The van der Waals surface area contributed by atoms with E-state index in [1.54, 1.807) is 24.7 Å². The standard InChI is InChI=1S/C23H24FN5S/c24-30-14-13-28-23-9-8-20(29-19-6-2-1-3-7-19)15-21(23)22(25)10-12-27-17-18-5-4-11-26-16-18/h1-12,15-16,28-29H,13-14,17,25H2/b22-10-,27-12?. The highest BCUT2D eigenvalue weighted by Gasteiger charge is 2.07. The van der Waals surface area contributed by atoms with E-state index >= 15 is 0 Å². The van der Waals surface area contributed by atoms with Crippen molar-refractivity contribution in [2.75, 3.05) is 22.9 Å². The van der Waals surface area contributed by atoms with E-state index in [0.29, 0.717) is 36.7 Å². The molecule has 0 radical (unpaired) electrons. The highest BCUT2D eigenvalue weighted by atomic mass is 32.2. The van der Waals surface area contributed by atoms with Crippen molar-refractivity contribution >= 4 is 41.1 Å². The molecule has 0 saturated carbocycles. The van der Waals surface area contributed by atoms with Crippen LogP contribution >= 0.6 is 12.1 Å². The quantitative estimate of drug-likeness (QED) is 0.301. The Labute approximate surface area is 180 Å². The maximum absolute atomic E-state index is 12.4. The highest BCUT2D eigenvalue weighted by molar-refractivity contribution is 7.94. The van der Waals surface area contributed by atoms with Gasteiger partial charge < -0.3 is 16.4 Å². The third-order valence-electron chi connectivity index (χ3n) is 4.24. The van der Waals surface area contributed by atoms with E-state index < -0.39 is 0 Å². The zero-order valence-corrected chi connectivity index (χ0v) is 17.3. The summed E-state index contributed by atoms with van der Waals surface area (Å²) < 4.78 is 12.4. The number of nitrogens with two attached hydrogens (primary N) is 1. The molecule has 2 aromatic carbocycles. The van der Waals surface area contributed by atoms with E-state index in [9.17, 15) is 3.89 Å². The first-order chi connectivity index (χ1) is 14.8. The zero-order valence-electron chi connectivity index (χ0n) is 16.5. The first-order valence-corrected chi connectivity index (χ1v) is 10.4. The van der Waals surface area contributed by atoms with Gasteiger partial charge in [0.25, 0.3) is 0 Å². The fourth-order valence-corrected chi connectivity index (χ4v) is 2.98. The van der Waals surface area contributed by atoms with Crippen LogP contribution in [-0.4, -0.2) is 23.5 Å². The number of hydrogen-bond donors (Lipinski definition) is 3. The predicted octanol–water partition coefficient (Wildman–Crippen LogP) is 5.43. The molecule has 0 saturated heterocycles. The van der Waals surface area contributed by atoms with Gasteiger partial charge in [0.15, 0.2) is 0 Å². The molecule has 0 aliphatic carbocycles. The molecule has 154 valence electrons. The Morgan fingerprint density at radius 3 is 2.73 bits per heavy atom. The molecule has 0 bridgehead atoms. The average molecular weight is 422 g/mol. The zero-order chi connectivity index (χ0) is 21.0. The molecular weight excluding hydrogens is 397 g/mol. The van der Waals surface area contributed by atoms with Gasteiger partial charge in [0.1, 0.15) is 0 Å². The Morgan fingerprint density at radius 2 is 1.97 bits per heavy atom. The molecule has 4 N–H and O–H groups in total. The average Bonchev–Trinajstić information content (AvgIpc) is 2.79. The van der Waals surface area contributed by atoms with E-state index in [1.807, 2.05) is 60.7 Å². The minimum atomic E-state index is 0.308. The minimum Gasteiger partial charge on any atom is -0.398 e. The van der Waals surface area contributed by atoms with Crippen molar-refractivity contribution in [2.45, 2.75) is 6.54 Å². The van der Waals surface area contributed by atoms with Gasteiger partial charge in [0.2, 0.25) is 0 Å². The van der Waals surface area contributed by atoms with Crippen LogP contribution in [0.3, 0.4) is 0 Å². The molecule has 0 fully saturated rings. The lowest BCUT2D eigenvalue weighted by atomic mass is 10.1. The third kappa shape index (κ3) is 6.63. The molecule has 1 heterocycles. The van der Waals surface area contributed by atoms with Crippen molar-refractivity contribution < 1.29 is 3.89 Å². The number of hydrogen-bond acceptors (Lipinski definition) is 6. The number of benzene rings is 2. The first-order valence-electron chi connectivity index (χ1n) is 9.54. The van der Waals surface area contributed by atoms with E-state index in [4.69, 9.17) is 5.73 Å². The Kier molecular flexibility index (Phi) is 8.29. The molecule has 0 aliphatic rings. The number of rotatable bonds is 10. The topological polar surface area (TPSA) is 75.3 Å². The maximum atomic E-state index is 12.4. The summed E-state index contributed by atoms with van der Waals surface area (Å²) in [6.07, 6.45) is 6.99. The molecule has 3 aromatic rings. The van der Waals surface area contributed by atoms with Crippen LogP contribution in [0.15, 0.2) is 84.1 Å². The molecular formula is C23H24FN5S. The summed E-state index contributed by atoms with van der Waals surface area (Å²) in [7, 11) is 0. The van der Waals surface area contributed by atoms with Gasteiger partial charge in [0.05, 0.1) is 6.54 Å². The second-order valence-electron chi connectivity index (χ2n) is 6.46. The summed E-state index contributed by atoms with van der Waals surface area (Å²) in [5.41, 5.74) is 11.5. The molecule has 0 atom stereocenters. The smallest absolute Gasteiger partial charge is 0.0654 e. The van der Waals surface area contributed by atoms with Gasteiger partial charge in [-0.3, -0.25) is 9.98 Å². The van der Waals surface area contributed by atoms with Crippen LogP contribution in [0.5, 0.6) is 0 Å². The lowest BCUT2D eigenvalue weighted by molar-refractivity contribution is 0.932. The largest absolute Gasteiger partial charge is 0.398 e. The highest BCUT2D eigenvalue weighted by Crippen LogP contribution is 2.27. The second-order valence-corrected chi connectivity index (χ2v) is 7.09. The van der Waals surface area contributed by atoms with Gasteiger partial charge in [-0.1, -0.05) is 24.3 Å². The minimum absolute atomic E-state index is 0.308. The Morgan fingerprint density at radius 1 is 1.10 bits per heavy atom. The van der Waals surface area contributed by atoms with Gasteiger partial charge in [-0.2, -0.15) is 3.89 Å². The van der Waals surface area contributed by atoms with Crippen molar-refractivity contribution in [1.29, 1.82) is 0 Å². The number of allylic oxidation sites excluding steroid dienone is 1. The number of nitrogens with one attached hydrogen (secondary N) is 2. The van der Waals surface area contributed by atoms with Gasteiger partial charge >= 0.3 is 0 Å². The number of anilines is 3. The SMILES string of the molecule is N/C(=C\C=NCc1cccnc1)c1cc(Nc2ccccc2)ccc1NCCSF. The molecule has 7 heteroatoms. The summed E-state index contributed by atoms with van der Waals surface area (Å²) in [5.74, 6) is 0.361. The molecule has 1 aromatic heterocycles. The molecule has 0 amide bonds. The molecule has 0 spiro atoms. The van der Waals surface area contributed by atoms with Crippen LogP contribution < -0.4 is 16.4 Å². The number of para-hydroxylation sites is 1. The normalized spacial score (nSPS) is 11.6. The van der Waals surface area contributed by atoms with Gasteiger partial charge in [-0.25, -0.2) is 0 Å². The summed E-state index contributed by atoms with van der Waals surface area (Å²) >= 11 is 0.308. The number of halogens is 1. The van der Waals surface area contributed by atoms with Crippen molar-refractivity contribution in [3.8, 4) is 0 Å². The lowest BCUT2D eigenvalue weighted by Crippen LogP contribution is -2.08. The summed E-state index contributed by atoms with van der Waals surface area (Å²) in [4.78, 5) is 8.47. The van der Waals surface area contributed by atoms with E-state index in [1.165, 1.54) is 0 Å². The van der Waals surface area contributed by atoms with Crippen LogP contribution in [-0.2, 0) is 6.54 Å². The lowest BCUT2D eigenvalue weighted by Gasteiger charge is -2.15. The second kappa shape index (κ2) is 11.6. The summed E-state index contributed by atoms with van der Waals surface area (Å²) in [6, 6.07) is 19.6. The van der Waals surface area contributed by atoms with Gasteiger partial charge in [-0.05, 0) is 48.0 Å². The predicted molar refractivity (Wildman–Crippen MR) is 127 cm³/mol. The van der Waals surface area contributed by atoms with Crippen LogP contribution in [0.2, 0.25) is 0 Å². The molecule has 0 aliphatic heterocycles. The first kappa shape index (κ1) is 21.4. The van der Waals surface area contributed by atoms with Crippen LogP contribution in [0, 0.1) is 0 Å². The van der Waals surface area contributed by atoms with Crippen LogP contribution in [0.4, 0.5) is 20.9 Å². The Balaban J connectivity index is 1.77. The van der Waals surface area contributed by atoms with E-state index in [0.717, 1.165) is 28.2 Å². The van der Waals surface area contributed by atoms with Crippen molar-refractivity contribution in [2.24, 2.45) is 10.7 Å². The van der Waals surface area contributed by atoms with Crippen LogP contribution in [0.25, 0.3) is 5.70 Å². The van der Waals surface area contributed by atoms with E-state index in [-0.39, 0.29) is 0 Å². The number of nitrogens with zero attached hydrogens (tertiary/aromatic N) is 2. The maximum Gasteiger partial charge on any atom is 0.0654 e. The van der Waals surface area contributed by atoms with Gasteiger partial charge in [0, 0.05) is 71.4 Å². The number of aromatic nitrogens is 1. The van der Waals surface area contributed by atoms with Crippen molar-refractivity contribution in [1.82, 2.24) is 4.98 Å². The molecule has 5 nitrogen and oxygen atoms in total. The third-order valence-corrected chi connectivity index (χ3v) is 4.60. The molecule has 3 rings (SSSR count). The fraction of sp³-hybridized carbons (Fsp3) is 0.130. The monoisotopic (exact) mass is 421 g/mol. The molecule has 0 unspecified atom stereocenters. The fourth-order valence-electron chi connectivity index (χ4n) is 2.80. The van der Waals surface area contributed by atoms with Crippen molar-refractivity contribution in [3.63, 3.8) is 0 Å². The number of aliphatic imine (C=N–C) groups is 1. The van der Waals surface area contributed by atoms with Crippen LogP contribution in [0.1, 0.15) is 11.1 Å². The number of pyridine rings is 1. The van der Waals surface area contributed by atoms with Crippen molar-refractivity contribution in [3.05, 3.63) is 90.3 Å². The summed E-state index contributed by atoms with van der Waals surface area (Å²) in [5, 5.41) is 6.61.